The second kappa shape index (κ2) is 13.9. The second-order valence-corrected chi connectivity index (χ2v) is 10.1. The zero-order valence-corrected chi connectivity index (χ0v) is 20.2. The lowest BCUT2D eigenvalue weighted by molar-refractivity contribution is -0.136. The smallest absolute Gasteiger partial charge is 0.394 e. The van der Waals surface area contributed by atoms with Gasteiger partial charge in [0, 0.05) is 6.20 Å². The van der Waals surface area contributed by atoms with Crippen molar-refractivity contribution in [1.82, 2.24) is 9.55 Å². The number of phosphoric acid groups is 2. The second-order valence-electron chi connectivity index (χ2n) is 7.28. The molecule has 37 heavy (non-hydrogen) atoms. The van der Waals surface area contributed by atoms with E-state index in [1.807, 2.05) is 0 Å². The van der Waals surface area contributed by atoms with Crippen molar-refractivity contribution in [3.63, 3.8) is 0 Å². The van der Waals surface area contributed by atoms with Crippen LogP contribution in [0.3, 0.4) is 0 Å². The maximum atomic E-state index is 11.7. The predicted octanol–water partition coefficient (Wildman–Crippen LogP) is -5.71. The molecule has 1 fully saturated rings. The molecule has 1 aliphatic heterocycles. The Hall–Kier alpha value is -1.71. The van der Waals surface area contributed by atoms with Gasteiger partial charge in [0.25, 0.3) is 0 Å². The van der Waals surface area contributed by atoms with E-state index in [0.29, 0.717) is 0 Å². The summed E-state index contributed by atoms with van der Waals surface area (Å²) in [5.74, 6) is -0.0787. The van der Waals surface area contributed by atoms with Gasteiger partial charge in [0.1, 0.15) is 48.5 Å². The van der Waals surface area contributed by atoms with Crippen molar-refractivity contribution >= 4 is 27.7 Å². The van der Waals surface area contributed by atoms with Crippen molar-refractivity contribution in [3.8, 4) is 0 Å². The summed E-state index contributed by atoms with van der Waals surface area (Å²) < 4.78 is 35.8. The van der Waals surface area contributed by atoms with Gasteiger partial charge in [-0.1, -0.05) is 0 Å². The molecule has 0 aliphatic carbocycles. The number of carbonyl (C=O) groups is 1. The molecule has 214 valence electrons. The standard InChI is InChI=1S/C9H15N3O11P2.C6H12O6/c10-5-1-2-12(9(15)11-5)8-7(14)6(13)4(22-8)3-21-25(19,20)23-24(16,17)18;7-1-3(9)5(11)6(12)4(10)2-8/h1-2,4,6-8,13-14H,3H2,(H,19,20)(H2,10,11,15)(H2,16,17,18);1,3-6,8-12H,2H2/t4-,6-,7-,8-;3-,4+,5+,6+/m10/s1. The summed E-state index contributed by atoms with van der Waals surface area (Å²) in [5.41, 5.74) is 4.45. The molecular weight excluding hydrogens is 556 g/mol. The van der Waals surface area contributed by atoms with Crippen LogP contribution in [0.4, 0.5) is 5.82 Å². The summed E-state index contributed by atoms with van der Waals surface area (Å²) >= 11 is 0. The minimum Gasteiger partial charge on any atom is -0.394 e. The average molecular weight is 583 g/mol. The van der Waals surface area contributed by atoms with Gasteiger partial charge in [0.05, 0.1) is 13.2 Å². The Morgan fingerprint density at radius 3 is 2.22 bits per heavy atom. The van der Waals surface area contributed by atoms with Crippen molar-refractivity contribution in [1.29, 1.82) is 0 Å². The molecule has 0 saturated carbocycles. The minimum absolute atomic E-state index is 0.0258. The molecule has 1 aromatic rings. The topological polar surface area (TPSA) is 342 Å². The summed E-state index contributed by atoms with van der Waals surface area (Å²) in [6.07, 6.45) is -11.8. The van der Waals surface area contributed by atoms with E-state index in [1.54, 1.807) is 0 Å². The highest BCUT2D eigenvalue weighted by molar-refractivity contribution is 7.60. The number of nitrogens with two attached hydrogens (primary N) is 1. The van der Waals surface area contributed by atoms with Gasteiger partial charge in [-0.05, 0) is 6.07 Å². The summed E-state index contributed by atoms with van der Waals surface area (Å²) in [4.78, 5) is 51.2. The Kier molecular flexibility index (Phi) is 12.5. The monoisotopic (exact) mass is 583 g/mol. The van der Waals surface area contributed by atoms with Crippen LogP contribution in [0, 0.1) is 0 Å². The van der Waals surface area contributed by atoms with Crippen LogP contribution in [-0.4, -0.2) is 122 Å². The number of rotatable bonds is 11. The van der Waals surface area contributed by atoms with Crippen LogP contribution in [-0.2, 0) is 27.5 Å². The normalized spacial score (nSPS) is 26.8. The first-order chi connectivity index (χ1) is 16.9. The molecule has 0 spiro atoms. The Bertz CT molecular complexity index is 1040. The Labute approximate surface area is 206 Å². The Balaban J connectivity index is 0.000000482. The maximum Gasteiger partial charge on any atom is 0.481 e. The average Bonchev–Trinajstić information content (AvgIpc) is 3.08. The fourth-order valence-corrected chi connectivity index (χ4v) is 4.26. The van der Waals surface area contributed by atoms with E-state index in [-0.39, 0.29) is 12.1 Å². The molecule has 0 bridgehead atoms. The van der Waals surface area contributed by atoms with Crippen molar-refractivity contribution in [2.24, 2.45) is 0 Å². The summed E-state index contributed by atoms with van der Waals surface area (Å²) in [7, 11) is -10.5. The third-order valence-electron chi connectivity index (χ3n) is 4.49. The highest BCUT2D eigenvalue weighted by Crippen LogP contribution is 2.57. The van der Waals surface area contributed by atoms with Crippen LogP contribution in [0.2, 0.25) is 0 Å². The van der Waals surface area contributed by atoms with E-state index < -0.39 is 83.5 Å². The molecule has 1 aliphatic rings. The SMILES string of the molecule is Nc1ccn([C@@H]2O[C@H](COP(=O)(O)OP(=O)(O)O)[C@@H](O)[C@H]2O)c(=O)n1.O=C[C@H](O)[C@@H](O)[C@H](O)[C@H](O)CO. The van der Waals surface area contributed by atoms with E-state index in [0.717, 1.165) is 10.8 Å². The highest BCUT2D eigenvalue weighted by Gasteiger charge is 2.45. The van der Waals surface area contributed by atoms with Crippen molar-refractivity contribution < 1.29 is 77.9 Å². The lowest BCUT2D eigenvalue weighted by atomic mass is 10.0. The zero-order chi connectivity index (χ0) is 28.7. The van der Waals surface area contributed by atoms with E-state index in [1.165, 1.54) is 6.07 Å². The zero-order valence-electron chi connectivity index (χ0n) is 18.5. The van der Waals surface area contributed by atoms with E-state index in [2.05, 4.69) is 13.8 Å². The van der Waals surface area contributed by atoms with Gasteiger partial charge in [0.2, 0.25) is 0 Å². The fourth-order valence-electron chi connectivity index (χ4n) is 2.66. The quantitative estimate of drug-likeness (QED) is 0.0853. The molecular formula is C15H27N3O17P2. The largest absolute Gasteiger partial charge is 0.481 e. The highest BCUT2D eigenvalue weighted by atomic mass is 31.3. The van der Waals surface area contributed by atoms with Crippen LogP contribution in [0.25, 0.3) is 0 Å². The molecule has 2 heterocycles. The first-order valence-corrected chi connectivity index (χ1v) is 12.9. The number of phosphoric ester groups is 1. The lowest BCUT2D eigenvalue weighted by Crippen LogP contribution is -2.46. The molecule has 12 N–H and O–H groups in total. The van der Waals surface area contributed by atoms with Crippen molar-refractivity contribution in [2.75, 3.05) is 18.9 Å². The van der Waals surface area contributed by atoms with Gasteiger partial charge in [0.15, 0.2) is 12.5 Å². The number of ether oxygens (including phenoxy) is 1. The van der Waals surface area contributed by atoms with Crippen LogP contribution >= 0.6 is 15.6 Å². The third kappa shape index (κ3) is 10.2. The van der Waals surface area contributed by atoms with Crippen LogP contribution < -0.4 is 11.4 Å². The van der Waals surface area contributed by atoms with Crippen LogP contribution in [0.15, 0.2) is 17.1 Å². The fraction of sp³-hybridized carbons (Fsp3) is 0.667. The maximum absolute atomic E-state index is 11.7. The number of hydrogen-bond acceptors (Lipinski definition) is 16. The summed E-state index contributed by atoms with van der Waals surface area (Å²) in [5, 5.41) is 63.4. The van der Waals surface area contributed by atoms with E-state index in [4.69, 9.17) is 50.7 Å². The molecule has 22 heteroatoms. The van der Waals surface area contributed by atoms with Gasteiger partial charge >= 0.3 is 21.3 Å². The van der Waals surface area contributed by atoms with Gasteiger partial charge in [-0.2, -0.15) is 9.29 Å². The molecule has 20 nitrogen and oxygen atoms in total. The number of nitrogens with zero attached hydrogens (tertiary/aromatic N) is 2. The Morgan fingerprint density at radius 2 is 1.73 bits per heavy atom. The van der Waals surface area contributed by atoms with E-state index in [9.17, 15) is 28.9 Å². The number of anilines is 1. The van der Waals surface area contributed by atoms with Crippen LogP contribution in [0.1, 0.15) is 6.23 Å². The van der Waals surface area contributed by atoms with Gasteiger partial charge in [-0.15, -0.1) is 0 Å². The van der Waals surface area contributed by atoms with Crippen molar-refractivity contribution in [3.05, 3.63) is 22.7 Å². The van der Waals surface area contributed by atoms with E-state index >= 15 is 0 Å². The molecule has 9 atom stereocenters. The minimum atomic E-state index is -5.30. The Morgan fingerprint density at radius 1 is 1.14 bits per heavy atom. The van der Waals surface area contributed by atoms with Gasteiger partial charge < -0.3 is 65.7 Å². The first kappa shape index (κ1) is 33.3. The first-order valence-electron chi connectivity index (χ1n) is 9.83. The molecule has 1 aromatic heterocycles. The van der Waals surface area contributed by atoms with Crippen LogP contribution in [0.5, 0.6) is 0 Å². The molecule has 1 saturated heterocycles. The molecule has 0 aromatic carbocycles. The number of hydrogen-bond donors (Lipinski definition) is 11. The number of aromatic nitrogens is 2. The molecule has 0 radical (unpaired) electrons. The molecule has 0 amide bonds. The van der Waals surface area contributed by atoms with Gasteiger partial charge in [-0.3, -0.25) is 9.09 Å². The number of nitrogen functional groups attached to an aromatic ring is 1. The predicted molar refractivity (Wildman–Crippen MR) is 115 cm³/mol. The van der Waals surface area contributed by atoms with Crippen molar-refractivity contribution in [2.45, 2.75) is 49.0 Å². The molecule has 1 unspecified atom stereocenters. The molecule has 2 rings (SSSR count). The number of aliphatic hydroxyl groups is 7. The number of aldehydes is 1. The van der Waals surface area contributed by atoms with Gasteiger partial charge in [-0.25, -0.2) is 13.9 Å². The number of carbonyl (C=O) groups excluding carboxylic acids is 1. The summed E-state index contributed by atoms with van der Waals surface area (Å²) in [6, 6.07) is 1.24. The lowest BCUT2D eigenvalue weighted by Gasteiger charge is -2.22. The number of aliphatic hydroxyl groups excluding tert-OH is 7. The summed E-state index contributed by atoms with van der Waals surface area (Å²) in [6.45, 7) is -1.64. The third-order valence-corrected chi connectivity index (χ3v) is 6.65.